The molecule has 4 atom stereocenters. The molecular weight excluding hydrogens is 579 g/mol. The Hall–Kier alpha value is -3.82. The molecule has 3 rings (SSSR count). The molecule has 0 aliphatic heterocycles. The van der Waals surface area contributed by atoms with E-state index < -0.39 is 48.4 Å². The number of quaternary nitrogens is 1. The summed E-state index contributed by atoms with van der Waals surface area (Å²) in [4.78, 5) is 13.4. The number of carbonyl (C=O) groups excluding carboxylic acids is 1. The van der Waals surface area contributed by atoms with Gasteiger partial charge in [0.1, 0.15) is 36.8 Å². The highest BCUT2D eigenvalue weighted by Gasteiger charge is 2.30. The lowest BCUT2D eigenvalue weighted by molar-refractivity contribution is -0.635. The topological polar surface area (TPSA) is 161 Å². The van der Waals surface area contributed by atoms with Crippen molar-refractivity contribution in [2.75, 3.05) is 31.6 Å². The Balaban J connectivity index is 0.000000459. The molecule has 3 aromatic rings. The number of rotatable bonds is 15. The Labute approximate surface area is 264 Å². The second kappa shape index (κ2) is 20.3. The van der Waals surface area contributed by atoms with Crippen LogP contribution in [0.3, 0.4) is 0 Å². The van der Waals surface area contributed by atoms with Gasteiger partial charge in [-0.15, -0.1) is 0 Å². The summed E-state index contributed by atoms with van der Waals surface area (Å²) in [5, 5.41) is 57.9. The average Bonchev–Trinajstić information content (AvgIpc) is 3.05. The molecule has 0 aromatic heterocycles. The second-order valence-corrected chi connectivity index (χ2v) is 10.7. The number of halogens is 1. The summed E-state index contributed by atoms with van der Waals surface area (Å²) in [6.45, 7) is 3.08. The van der Waals surface area contributed by atoms with Crippen LogP contribution in [0, 0.1) is 17.7 Å². The molecule has 0 heterocycles. The van der Waals surface area contributed by atoms with Crippen LogP contribution in [0.15, 0.2) is 72.8 Å². The molecule has 0 amide bonds. The van der Waals surface area contributed by atoms with Gasteiger partial charge < -0.3 is 45.7 Å². The largest absolute Gasteiger partial charge is 0.545 e. The van der Waals surface area contributed by atoms with Gasteiger partial charge in [0.15, 0.2) is 0 Å². The van der Waals surface area contributed by atoms with Gasteiger partial charge in [-0.2, -0.15) is 0 Å². The van der Waals surface area contributed by atoms with E-state index in [9.17, 15) is 24.5 Å². The summed E-state index contributed by atoms with van der Waals surface area (Å²) in [6, 6.07) is 22.0. The van der Waals surface area contributed by atoms with E-state index in [-0.39, 0.29) is 6.54 Å². The summed E-state index contributed by atoms with van der Waals surface area (Å²) >= 11 is 0. The fourth-order valence-electron chi connectivity index (χ4n) is 4.42. The van der Waals surface area contributed by atoms with Crippen LogP contribution in [0.25, 0.3) is 0 Å². The first kappa shape index (κ1) is 37.4. The van der Waals surface area contributed by atoms with Crippen molar-refractivity contribution < 1.29 is 45.1 Å². The number of nitrogens with zero attached hydrogens (tertiary/aromatic N) is 1. The lowest BCUT2D eigenvalue weighted by atomic mass is 10.0. The number of carbonyl (C=O) groups is 1. The maximum atomic E-state index is 13.9. The van der Waals surface area contributed by atoms with Crippen LogP contribution in [0.2, 0.25) is 0 Å². The predicted molar refractivity (Wildman–Crippen MR) is 169 cm³/mol. The van der Waals surface area contributed by atoms with Gasteiger partial charge in [-0.05, 0) is 54.4 Å². The van der Waals surface area contributed by atoms with E-state index in [2.05, 4.69) is 23.7 Å². The number of aliphatic hydroxyl groups is 5. The molecule has 0 unspecified atom stereocenters. The zero-order chi connectivity index (χ0) is 33.2. The summed E-state index contributed by atoms with van der Waals surface area (Å²) in [5.74, 6) is 4.04. The number of benzene rings is 3. The van der Waals surface area contributed by atoms with Gasteiger partial charge in [0.05, 0.1) is 19.6 Å². The highest BCUT2D eigenvalue weighted by Crippen LogP contribution is 2.22. The Morgan fingerprint density at radius 3 is 2.09 bits per heavy atom. The minimum Gasteiger partial charge on any atom is -0.545 e. The third-order valence-corrected chi connectivity index (χ3v) is 7.07. The number of hydrogen-bond acceptors (Lipinski definition) is 8. The molecule has 0 spiro atoms. The number of unbranched alkanes of at least 4 members (excludes halogenated alkanes) is 3. The van der Waals surface area contributed by atoms with E-state index in [0.717, 1.165) is 48.9 Å². The van der Waals surface area contributed by atoms with E-state index in [1.807, 2.05) is 54.6 Å². The van der Waals surface area contributed by atoms with Crippen LogP contribution in [0.1, 0.15) is 59.7 Å². The third kappa shape index (κ3) is 13.0. The van der Waals surface area contributed by atoms with E-state index in [4.69, 9.17) is 15.3 Å². The van der Waals surface area contributed by atoms with E-state index in [0.29, 0.717) is 12.2 Å². The number of carboxylic acids is 1. The first-order valence-corrected chi connectivity index (χ1v) is 15.1. The molecule has 0 saturated heterocycles. The van der Waals surface area contributed by atoms with Crippen molar-refractivity contribution in [3.63, 3.8) is 0 Å². The zero-order valence-corrected chi connectivity index (χ0v) is 25.8. The Morgan fingerprint density at radius 2 is 1.51 bits per heavy atom. The molecule has 0 radical (unpaired) electrons. The molecule has 0 aliphatic rings. The first-order chi connectivity index (χ1) is 21.6. The van der Waals surface area contributed by atoms with Gasteiger partial charge in [-0.25, -0.2) is 4.39 Å². The van der Waals surface area contributed by atoms with Crippen molar-refractivity contribution in [1.29, 1.82) is 0 Å². The van der Waals surface area contributed by atoms with Crippen LogP contribution in [0.4, 0.5) is 10.1 Å². The van der Waals surface area contributed by atoms with Gasteiger partial charge in [-0.1, -0.05) is 68.4 Å². The smallest absolute Gasteiger partial charge is 0.132 e. The van der Waals surface area contributed by atoms with Crippen LogP contribution in [0.5, 0.6) is 0 Å². The summed E-state index contributed by atoms with van der Waals surface area (Å²) in [7, 11) is 1.70. The van der Waals surface area contributed by atoms with Crippen LogP contribution >= 0.6 is 0 Å². The maximum absolute atomic E-state index is 13.9. The van der Waals surface area contributed by atoms with Crippen LogP contribution in [-0.2, 0) is 6.54 Å². The average molecular weight is 625 g/mol. The minimum atomic E-state index is -1.53. The third-order valence-electron chi connectivity index (χ3n) is 7.07. The number of anilines is 1. The molecule has 7 N–H and O–H groups in total. The van der Waals surface area contributed by atoms with E-state index >= 15 is 0 Å². The van der Waals surface area contributed by atoms with Crippen molar-refractivity contribution in [3.05, 3.63) is 101 Å². The summed E-state index contributed by atoms with van der Waals surface area (Å²) < 4.78 is 13.9. The van der Waals surface area contributed by atoms with E-state index in [1.54, 1.807) is 18.4 Å². The first-order valence-electron chi connectivity index (χ1n) is 15.1. The lowest BCUT2D eigenvalue weighted by Gasteiger charge is -2.26. The number of likely N-dealkylation sites (N-methyl/N-ethyl adjacent to an activating group) is 1. The molecular formula is C35H45FN2O7. The molecule has 9 nitrogen and oxygen atoms in total. The molecule has 244 valence electrons. The zero-order valence-electron chi connectivity index (χ0n) is 25.8. The molecule has 0 aliphatic carbocycles. The Morgan fingerprint density at radius 1 is 0.889 bits per heavy atom. The van der Waals surface area contributed by atoms with Crippen LogP contribution < -0.4 is 15.3 Å². The van der Waals surface area contributed by atoms with Gasteiger partial charge in [0.25, 0.3) is 0 Å². The van der Waals surface area contributed by atoms with Crippen molar-refractivity contribution in [1.82, 2.24) is 0 Å². The number of nitrogens with two attached hydrogens (primary N) is 1. The minimum absolute atomic E-state index is 0.219. The lowest BCUT2D eigenvalue weighted by Crippen LogP contribution is -2.83. The highest BCUT2D eigenvalue weighted by atomic mass is 19.1. The maximum Gasteiger partial charge on any atom is 0.132 e. The van der Waals surface area contributed by atoms with Crippen molar-refractivity contribution in [2.45, 2.75) is 63.6 Å². The van der Waals surface area contributed by atoms with Gasteiger partial charge in [0.2, 0.25) is 0 Å². The molecule has 3 aromatic carbocycles. The van der Waals surface area contributed by atoms with Crippen LogP contribution in [-0.4, -0.2) is 82.7 Å². The number of aromatic carboxylic acids is 1. The van der Waals surface area contributed by atoms with E-state index in [1.165, 1.54) is 12.1 Å². The summed E-state index contributed by atoms with van der Waals surface area (Å²) in [5.41, 5.74) is 3.23. The van der Waals surface area contributed by atoms with Gasteiger partial charge in [0, 0.05) is 35.5 Å². The molecule has 10 heteroatoms. The van der Waals surface area contributed by atoms with Gasteiger partial charge in [-0.3, -0.25) is 0 Å². The molecule has 45 heavy (non-hydrogen) atoms. The normalized spacial score (nSPS) is 13.3. The standard InChI is InChI=1S/C28H28FNO2.C7H17NO5/c1-2-3-4-8-19-30(25-17-18-27(29)26(20-25)28(31)32)21-24-15-13-23(14-16-24)12-11-22-9-6-5-7-10-22;1-8-2-4(10)6(12)7(13)5(11)3-9/h5-7,9-10,13-18,20H,2-4,8,19,21H2,1H3,(H,31,32);4-13H,2-3H2,1H3/t;4-,5+,6+,7+/m.0/s1. The predicted octanol–water partition coefficient (Wildman–Crippen LogP) is 0.791. The molecule has 0 bridgehead atoms. The molecule has 0 saturated carbocycles. The highest BCUT2D eigenvalue weighted by molar-refractivity contribution is 5.87. The Bertz CT molecular complexity index is 1350. The van der Waals surface area contributed by atoms with Crippen molar-refractivity contribution >= 4 is 11.7 Å². The number of aliphatic hydroxyl groups excluding tert-OH is 5. The number of hydrogen-bond donors (Lipinski definition) is 6. The quantitative estimate of drug-likeness (QED) is 0.107. The summed E-state index contributed by atoms with van der Waals surface area (Å²) in [6.07, 6.45) is -1.17. The fraction of sp³-hybridized carbons (Fsp3) is 0.400. The van der Waals surface area contributed by atoms with Crippen molar-refractivity contribution in [2.24, 2.45) is 0 Å². The SMILES string of the molecule is CCCCCCN(Cc1ccc(C#Cc2ccccc2)cc1)c1ccc(F)c(C(=O)[O-])c1.C[NH2+]C[C@H](O)[C@@H](O)[C@H](O)[C@H](O)CO. The van der Waals surface area contributed by atoms with Crippen molar-refractivity contribution in [3.8, 4) is 11.8 Å². The molecule has 0 fully saturated rings. The fourth-order valence-corrected chi connectivity index (χ4v) is 4.42. The number of carboxylic acid groups (broad SMARTS) is 1. The van der Waals surface area contributed by atoms with Gasteiger partial charge >= 0.3 is 0 Å². The second-order valence-electron chi connectivity index (χ2n) is 10.7. The monoisotopic (exact) mass is 624 g/mol. The Kier molecular flexibility index (Phi) is 16.8.